The Bertz CT molecular complexity index is 3930. The summed E-state index contributed by atoms with van der Waals surface area (Å²) in [7, 11) is 0. The van der Waals surface area contributed by atoms with Crippen molar-refractivity contribution < 1.29 is 0 Å². The van der Waals surface area contributed by atoms with Gasteiger partial charge in [-0.1, -0.05) is 115 Å². The molecule has 0 fully saturated rings. The monoisotopic (exact) mass is 763 g/mol. The number of nitriles is 1. The fraction of sp³-hybridized carbons (Fsp3) is 0. The number of hydrogen-bond acceptors (Lipinski definition) is 1. The number of fused-ring (bicyclic) bond motifs is 14. The third-order valence-electron chi connectivity index (χ3n) is 12.6. The highest BCUT2D eigenvalue weighted by Gasteiger charge is 2.25. The quantitative estimate of drug-likeness (QED) is 0.176. The number of aromatic nitrogens is 4. The van der Waals surface area contributed by atoms with Crippen molar-refractivity contribution in [3.8, 4) is 28.8 Å². The standard InChI is InChI=1S/C55H33N5/c56-34-35-15-14-24-44-51-50(59(53(35)44)38-20-8-3-9-21-38)32-29-42-41-23-11-13-26-47(41)60(54(42)51)39-27-30-48-45(33-39)52-49(57(48)36-16-4-1-5-17-36)31-28-43-40-22-10-12-25-46(40)58(55(43)52)37-18-6-2-7-19-37/h1-33H. The molecule has 0 aliphatic heterocycles. The zero-order chi connectivity index (χ0) is 39.5. The van der Waals surface area contributed by atoms with E-state index in [1.165, 1.54) is 43.4 Å². The molecule has 0 unspecified atom stereocenters. The van der Waals surface area contributed by atoms with Crippen LogP contribution in [0, 0.1) is 11.3 Å². The molecule has 0 amide bonds. The van der Waals surface area contributed by atoms with Crippen LogP contribution in [0.2, 0.25) is 0 Å². The van der Waals surface area contributed by atoms with Gasteiger partial charge in [0, 0.05) is 65.8 Å². The predicted octanol–water partition coefficient (Wildman–Crippen LogP) is 13.9. The van der Waals surface area contributed by atoms with E-state index in [4.69, 9.17) is 0 Å². The normalized spacial score (nSPS) is 12.0. The molecular formula is C55H33N5. The highest BCUT2D eigenvalue weighted by Crippen LogP contribution is 2.46. The van der Waals surface area contributed by atoms with Crippen LogP contribution in [0.25, 0.3) is 110 Å². The number of para-hydroxylation sites is 6. The summed E-state index contributed by atoms with van der Waals surface area (Å²) in [6, 6.07) is 74.1. The van der Waals surface area contributed by atoms with Gasteiger partial charge in [-0.25, -0.2) is 0 Å². The summed E-state index contributed by atoms with van der Waals surface area (Å²) in [4.78, 5) is 0. The van der Waals surface area contributed by atoms with E-state index in [0.717, 1.165) is 66.6 Å². The van der Waals surface area contributed by atoms with Gasteiger partial charge < -0.3 is 18.3 Å². The first-order valence-corrected chi connectivity index (χ1v) is 20.3. The molecule has 9 aromatic carbocycles. The molecule has 4 aromatic heterocycles. The van der Waals surface area contributed by atoms with E-state index in [0.29, 0.717) is 5.56 Å². The van der Waals surface area contributed by atoms with Gasteiger partial charge in [0.2, 0.25) is 0 Å². The highest BCUT2D eigenvalue weighted by molar-refractivity contribution is 6.28. The topological polar surface area (TPSA) is 43.5 Å². The zero-order valence-electron chi connectivity index (χ0n) is 32.3. The fourth-order valence-electron chi connectivity index (χ4n) is 10.2. The van der Waals surface area contributed by atoms with Crippen molar-refractivity contribution in [3.05, 3.63) is 206 Å². The van der Waals surface area contributed by atoms with Crippen LogP contribution >= 0.6 is 0 Å². The summed E-state index contributed by atoms with van der Waals surface area (Å²) in [5.74, 6) is 0. The minimum atomic E-state index is 0.649. The number of benzene rings is 9. The number of nitrogens with zero attached hydrogens (tertiary/aromatic N) is 5. The molecule has 0 bridgehead atoms. The predicted molar refractivity (Wildman–Crippen MR) is 249 cm³/mol. The molecule has 0 radical (unpaired) electrons. The van der Waals surface area contributed by atoms with Gasteiger partial charge in [0.05, 0.1) is 49.7 Å². The summed E-state index contributed by atoms with van der Waals surface area (Å²) in [5.41, 5.74) is 13.9. The minimum absolute atomic E-state index is 0.649. The molecule has 0 spiro atoms. The van der Waals surface area contributed by atoms with Crippen molar-refractivity contribution in [3.63, 3.8) is 0 Å². The number of hydrogen-bond donors (Lipinski definition) is 0. The maximum Gasteiger partial charge on any atom is 0.101 e. The highest BCUT2D eigenvalue weighted by atomic mass is 15.0. The zero-order valence-corrected chi connectivity index (χ0v) is 32.3. The van der Waals surface area contributed by atoms with E-state index in [1.807, 2.05) is 18.2 Å². The second-order valence-corrected chi connectivity index (χ2v) is 15.6. The van der Waals surface area contributed by atoms with Crippen LogP contribution in [-0.4, -0.2) is 18.3 Å². The largest absolute Gasteiger partial charge is 0.309 e. The molecular weight excluding hydrogens is 731 g/mol. The van der Waals surface area contributed by atoms with Crippen LogP contribution in [0.5, 0.6) is 0 Å². The van der Waals surface area contributed by atoms with Crippen LogP contribution in [0.15, 0.2) is 200 Å². The van der Waals surface area contributed by atoms with Crippen LogP contribution in [-0.2, 0) is 0 Å². The molecule has 0 saturated carbocycles. The average molecular weight is 764 g/mol. The molecule has 0 saturated heterocycles. The van der Waals surface area contributed by atoms with Crippen LogP contribution < -0.4 is 0 Å². The van der Waals surface area contributed by atoms with Gasteiger partial charge in [-0.3, -0.25) is 0 Å². The van der Waals surface area contributed by atoms with Gasteiger partial charge in [-0.15, -0.1) is 0 Å². The molecule has 278 valence electrons. The first-order chi connectivity index (χ1) is 29.8. The van der Waals surface area contributed by atoms with E-state index in [2.05, 4.69) is 206 Å². The van der Waals surface area contributed by atoms with Crippen LogP contribution in [0.3, 0.4) is 0 Å². The molecule has 60 heavy (non-hydrogen) atoms. The van der Waals surface area contributed by atoms with E-state index in [1.54, 1.807) is 0 Å². The average Bonchev–Trinajstić information content (AvgIpc) is 4.04. The van der Waals surface area contributed by atoms with Gasteiger partial charge in [0.1, 0.15) is 6.07 Å². The van der Waals surface area contributed by atoms with Gasteiger partial charge in [0.25, 0.3) is 0 Å². The van der Waals surface area contributed by atoms with Crippen molar-refractivity contribution in [2.24, 2.45) is 0 Å². The van der Waals surface area contributed by atoms with E-state index in [-0.39, 0.29) is 0 Å². The lowest BCUT2D eigenvalue weighted by molar-refractivity contribution is 1.16. The molecule has 4 heterocycles. The third-order valence-corrected chi connectivity index (χ3v) is 12.6. The summed E-state index contributed by atoms with van der Waals surface area (Å²) < 4.78 is 9.59. The Kier molecular flexibility index (Phi) is 6.73. The molecule has 0 atom stereocenters. The third kappa shape index (κ3) is 4.34. The maximum atomic E-state index is 10.5. The Morgan fingerprint density at radius 1 is 0.283 bits per heavy atom. The van der Waals surface area contributed by atoms with Crippen molar-refractivity contribution in [2.75, 3.05) is 0 Å². The van der Waals surface area contributed by atoms with Gasteiger partial charge in [-0.2, -0.15) is 5.26 Å². The Hall–Kier alpha value is -8.33. The summed E-state index contributed by atoms with van der Waals surface area (Å²) >= 11 is 0. The second kappa shape index (κ2) is 12.3. The lowest BCUT2D eigenvalue weighted by Gasteiger charge is -2.11. The van der Waals surface area contributed by atoms with Crippen molar-refractivity contribution in [2.45, 2.75) is 0 Å². The van der Waals surface area contributed by atoms with E-state index >= 15 is 0 Å². The van der Waals surface area contributed by atoms with Gasteiger partial charge in [-0.05, 0) is 84.9 Å². The van der Waals surface area contributed by atoms with Crippen LogP contribution in [0.4, 0.5) is 0 Å². The molecule has 5 heteroatoms. The Balaban J connectivity index is 1.22. The molecule has 13 rings (SSSR count). The van der Waals surface area contributed by atoms with Crippen LogP contribution in [0.1, 0.15) is 5.56 Å². The molecule has 0 N–H and O–H groups in total. The van der Waals surface area contributed by atoms with E-state index < -0.39 is 0 Å². The Morgan fingerprint density at radius 2 is 0.717 bits per heavy atom. The summed E-state index contributed by atoms with van der Waals surface area (Å²) in [6.45, 7) is 0. The number of rotatable bonds is 4. The van der Waals surface area contributed by atoms with Gasteiger partial charge in [0.15, 0.2) is 0 Å². The van der Waals surface area contributed by atoms with Gasteiger partial charge >= 0.3 is 0 Å². The Morgan fingerprint density at radius 3 is 1.30 bits per heavy atom. The van der Waals surface area contributed by atoms with E-state index in [9.17, 15) is 5.26 Å². The molecule has 0 aliphatic carbocycles. The summed E-state index contributed by atoms with van der Waals surface area (Å²) in [5, 5.41) is 19.9. The SMILES string of the molecule is N#Cc1cccc2c3c(ccc4c5ccccc5n(-c5ccc6c(c5)c5c(ccc7c8ccccc8n(-c8ccccc8)c75)n6-c5ccccc5)c43)n(-c3ccccc3)c12. The van der Waals surface area contributed by atoms with Crippen molar-refractivity contribution in [1.29, 1.82) is 5.26 Å². The van der Waals surface area contributed by atoms with Crippen molar-refractivity contribution >= 4 is 87.2 Å². The first-order valence-electron chi connectivity index (χ1n) is 20.3. The molecule has 5 nitrogen and oxygen atoms in total. The molecule has 13 aromatic rings. The molecule has 0 aliphatic rings. The fourth-order valence-corrected chi connectivity index (χ4v) is 10.2. The maximum absolute atomic E-state index is 10.5. The van der Waals surface area contributed by atoms with Crippen molar-refractivity contribution in [1.82, 2.24) is 18.3 Å². The lowest BCUT2D eigenvalue weighted by Crippen LogP contribution is -1.96. The smallest absolute Gasteiger partial charge is 0.101 e. The summed E-state index contributed by atoms with van der Waals surface area (Å²) in [6.07, 6.45) is 0. The lowest BCUT2D eigenvalue weighted by atomic mass is 10.1. The second-order valence-electron chi connectivity index (χ2n) is 15.6. The minimum Gasteiger partial charge on any atom is -0.309 e. The first kappa shape index (κ1) is 32.7. The Labute approximate surface area is 344 Å².